The van der Waals surface area contributed by atoms with E-state index in [2.05, 4.69) is 30.9 Å². The highest BCUT2D eigenvalue weighted by molar-refractivity contribution is 5.85. The van der Waals surface area contributed by atoms with Crippen molar-refractivity contribution < 1.29 is 0 Å². The van der Waals surface area contributed by atoms with E-state index in [9.17, 15) is 0 Å². The number of nitrogens with zero attached hydrogens (tertiary/aromatic N) is 3. The zero-order chi connectivity index (χ0) is 16.8. The lowest BCUT2D eigenvalue weighted by Crippen LogP contribution is -2.38. The number of aliphatic imine (C=N–C) groups is 1. The van der Waals surface area contributed by atoms with Crippen LogP contribution in [0.5, 0.6) is 0 Å². The molecule has 0 aliphatic rings. The quantitative estimate of drug-likeness (QED) is 0.207. The van der Waals surface area contributed by atoms with Crippen LogP contribution in [0, 0.1) is 5.92 Å². The van der Waals surface area contributed by atoms with E-state index in [0.29, 0.717) is 18.4 Å². The highest BCUT2D eigenvalue weighted by Gasteiger charge is 2.09. The third kappa shape index (κ3) is 14.7. The molecule has 0 spiro atoms. The Morgan fingerprint density at radius 3 is 2.04 bits per heavy atom. The maximum Gasteiger partial charge on any atom is 0.212 e. The lowest BCUT2D eigenvalue weighted by Gasteiger charge is -2.19. The topological polar surface area (TPSA) is 106 Å². The van der Waals surface area contributed by atoms with Gasteiger partial charge in [0.15, 0.2) is 0 Å². The molecule has 0 aromatic carbocycles. The van der Waals surface area contributed by atoms with Crippen molar-refractivity contribution >= 4 is 36.7 Å². The molecule has 6 nitrogen and oxygen atoms in total. The van der Waals surface area contributed by atoms with Gasteiger partial charge in [0.1, 0.15) is 0 Å². The van der Waals surface area contributed by atoms with Crippen molar-refractivity contribution in [2.45, 2.75) is 72.1 Å². The molecule has 1 unspecified atom stereocenters. The Labute approximate surface area is 160 Å². The van der Waals surface area contributed by atoms with Crippen molar-refractivity contribution in [3.05, 3.63) is 0 Å². The summed E-state index contributed by atoms with van der Waals surface area (Å²) in [5.74, 6) is 1.02. The van der Waals surface area contributed by atoms with Gasteiger partial charge in [-0.1, -0.05) is 59.3 Å². The summed E-state index contributed by atoms with van der Waals surface area (Å²) in [6, 6.07) is 0. The Hall–Kier alpha value is -0.880. The summed E-state index contributed by atoms with van der Waals surface area (Å²) >= 11 is 0. The van der Waals surface area contributed by atoms with Crippen LogP contribution >= 0.6 is 24.8 Å². The second-order valence-electron chi connectivity index (χ2n) is 5.82. The van der Waals surface area contributed by atoms with E-state index in [1.54, 1.807) is 5.01 Å². The van der Waals surface area contributed by atoms with E-state index < -0.39 is 0 Å². The third-order valence-electron chi connectivity index (χ3n) is 3.78. The van der Waals surface area contributed by atoms with Crippen molar-refractivity contribution in [3.8, 4) is 0 Å². The zero-order valence-corrected chi connectivity index (χ0v) is 17.2. The van der Waals surface area contributed by atoms with Crippen molar-refractivity contribution in [2.75, 3.05) is 13.1 Å². The van der Waals surface area contributed by atoms with Gasteiger partial charge >= 0.3 is 0 Å². The minimum absolute atomic E-state index is 0. The van der Waals surface area contributed by atoms with E-state index >= 15 is 0 Å². The molecule has 0 fully saturated rings. The average molecular weight is 385 g/mol. The molecule has 0 heterocycles. The maximum atomic E-state index is 6.07. The van der Waals surface area contributed by atoms with Gasteiger partial charge in [-0.2, -0.15) is 0 Å². The van der Waals surface area contributed by atoms with Crippen molar-refractivity contribution in [2.24, 2.45) is 33.2 Å². The molecule has 146 valence electrons. The molecular weight excluding hydrogens is 347 g/mol. The molecule has 1 atom stereocenters. The molecule has 0 aromatic heterocycles. The number of guanidine groups is 2. The molecule has 0 aromatic rings. The number of rotatable bonds is 12. The molecule has 0 aliphatic carbocycles. The van der Waals surface area contributed by atoms with Crippen molar-refractivity contribution in [1.29, 1.82) is 0 Å². The van der Waals surface area contributed by atoms with Gasteiger partial charge in [0.2, 0.25) is 11.9 Å². The minimum atomic E-state index is 0. The molecule has 24 heavy (non-hydrogen) atoms. The summed E-state index contributed by atoms with van der Waals surface area (Å²) in [6.07, 6.45) is 9.33. The Morgan fingerprint density at radius 1 is 0.917 bits per heavy atom. The molecule has 0 rings (SSSR count). The van der Waals surface area contributed by atoms with Gasteiger partial charge in [-0.3, -0.25) is 4.99 Å². The number of halogens is 2. The summed E-state index contributed by atoms with van der Waals surface area (Å²) in [7, 11) is 0. The molecule has 0 aliphatic heterocycles. The number of hydrazone groups is 1. The smallest absolute Gasteiger partial charge is 0.212 e. The second-order valence-corrected chi connectivity index (χ2v) is 5.82. The Bertz CT molecular complexity index is 333. The zero-order valence-electron chi connectivity index (χ0n) is 15.5. The monoisotopic (exact) mass is 384 g/mol. The van der Waals surface area contributed by atoms with Gasteiger partial charge in [0.25, 0.3) is 0 Å². The second kappa shape index (κ2) is 18.5. The molecule has 6 N–H and O–H groups in total. The van der Waals surface area contributed by atoms with Crippen LogP contribution in [0.15, 0.2) is 10.1 Å². The predicted octanol–water partition coefficient (Wildman–Crippen LogP) is 3.43. The largest absolute Gasteiger partial charge is 0.369 e. The average Bonchev–Trinajstić information content (AvgIpc) is 2.50. The summed E-state index contributed by atoms with van der Waals surface area (Å²) in [4.78, 5) is 4.50. The SMILES string of the molecule is CCCCCCN(N=C(N)N)C(N)=NCC(CC)CCCC.Cl.Cl. The highest BCUT2D eigenvalue weighted by Crippen LogP contribution is 2.13. The predicted molar refractivity (Wildman–Crippen MR) is 111 cm³/mol. The van der Waals surface area contributed by atoms with Crippen LogP contribution in [-0.2, 0) is 0 Å². The van der Waals surface area contributed by atoms with Gasteiger partial charge < -0.3 is 17.2 Å². The van der Waals surface area contributed by atoms with Gasteiger partial charge in [-0.05, 0) is 18.8 Å². The van der Waals surface area contributed by atoms with Crippen molar-refractivity contribution in [3.63, 3.8) is 0 Å². The van der Waals surface area contributed by atoms with Crippen LogP contribution in [0.3, 0.4) is 0 Å². The van der Waals surface area contributed by atoms with Gasteiger partial charge in [-0.15, -0.1) is 29.9 Å². The fourth-order valence-corrected chi connectivity index (χ4v) is 2.27. The maximum absolute atomic E-state index is 6.07. The van der Waals surface area contributed by atoms with E-state index in [-0.39, 0.29) is 30.8 Å². The Morgan fingerprint density at radius 2 is 1.54 bits per heavy atom. The van der Waals surface area contributed by atoms with E-state index in [4.69, 9.17) is 17.2 Å². The molecule has 0 bridgehead atoms. The highest BCUT2D eigenvalue weighted by atomic mass is 35.5. The first-order chi connectivity index (χ1) is 10.5. The summed E-state index contributed by atoms with van der Waals surface area (Å²) in [5.41, 5.74) is 17.0. The molecule has 0 radical (unpaired) electrons. The van der Waals surface area contributed by atoms with Crippen LogP contribution in [0.1, 0.15) is 72.1 Å². The van der Waals surface area contributed by atoms with Crippen LogP contribution in [-0.4, -0.2) is 30.0 Å². The fourth-order valence-electron chi connectivity index (χ4n) is 2.27. The molecule has 8 heteroatoms. The summed E-state index contributed by atoms with van der Waals surface area (Å²) in [6.45, 7) is 8.04. The van der Waals surface area contributed by atoms with Crippen LogP contribution in [0.25, 0.3) is 0 Å². The lowest BCUT2D eigenvalue weighted by atomic mass is 10.00. The molecule has 0 saturated heterocycles. The first kappa shape index (κ1) is 27.9. The summed E-state index contributed by atoms with van der Waals surface area (Å²) in [5, 5.41) is 5.73. The number of hydrogen-bond acceptors (Lipinski definition) is 2. The van der Waals surface area contributed by atoms with E-state index in [1.165, 1.54) is 32.1 Å². The minimum Gasteiger partial charge on any atom is -0.369 e. The summed E-state index contributed by atoms with van der Waals surface area (Å²) < 4.78 is 0. The number of hydrogen-bond donors (Lipinski definition) is 3. The third-order valence-corrected chi connectivity index (χ3v) is 3.78. The van der Waals surface area contributed by atoms with Crippen molar-refractivity contribution in [1.82, 2.24) is 5.01 Å². The van der Waals surface area contributed by atoms with Crippen LogP contribution < -0.4 is 17.2 Å². The Balaban J connectivity index is -0.00000220. The standard InChI is InChI=1S/C16H36N6.2ClH/c1-4-7-9-10-12-22(21-15(17)18)16(19)20-13-14(6-3)11-8-5-2;;/h14H,4-13H2,1-3H3,(H2,19,20)(H4,17,18,21);2*1H. The fraction of sp³-hybridized carbons (Fsp3) is 0.875. The normalized spacial score (nSPS) is 11.9. The molecular formula is C16H38Cl2N6. The van der Waals surface area contributed by atoms with Gasteiger partial charge in [-0.25, -0.2) is 5.01 Å². The Kier molecular flexibility index (Phi) is 21.5. The van der Waals surface area contributed by atoms with Crippen LogP contribution in [0.4, 0.5) is 0 Å². The lowest BCUT2D eigenvalue weighted by molar-refractivity contribution is 0.409. The molecule has 0 amide bonds. The number of nitrogens with two attached hydrogens (primary N) is 3. The van der Waals surface area contributed by atoms with Gasteiger partial charge in [0, 0.05) is 13.1 Å². The van der Waals surface area contributed by atoms with Gasteiger partial charge in [0.05, 0.1) is 0 Å². The number of unbranched alkanes of at least 4 members (excludes halogenated alkanes) is 4. The first-order valence-electron chi connectivity index (χ1n) is 8.72. The first-order valence-corrected chi connectivity index (χ1v) is 8.72. The molecule has 0 saturated carbocycles. The van der Waals surface area contributed by atoms with Crippen LogP contribution in [0.2, 0.25) is 0 Å². The van der Waals surface area contributed by atoms with E-state index in [0.717, 1.165) is 25.8 Å². The van der Waals surface area contributed by atoms with E-state index in [1.807, 2.05) is 0 Å².